The Kier molecular flexibility index (Phi) is 4.50. The zero-order chi connectivity index (χ0) is 12.8. The maximum atomic E-state index is 5.86. The second-order valence-electron chi connectivity index (χ2n) is 3.56. The van der Waals surface area contributed by atoms with Crippen molar-refractivity contribution in [1.82, 2.24) is 9.97 Å². The lowest BCUT2D eigenvalue weighted by molar-refractivity contribution is 0.146. The summed E-state index contributed by atoms with van der Waals surface area (Å²) in [5, 5.41) is 0.409. The highest BCUT2D eigenvalue weighted by molar-refractivity contribution is 6.29. The fraction of sp³-hybridized carbons (Fsp3) is 0.231. The van der Waals surface area contributed by atoms with E-state index in [9.17, 15) is 0 Å². The van der Waals surface area contributed by atoms with Crippen molar-refractivity contribution in [2.45, 2.75) is 0 Å². The normalized spacial score (nSPS) is 10.3. The third-order valence-electron chi connectivity index (χ3n) is 2.34. The van der Waals surface area contributed by atoms with Crippen LogP contribution in [0.3, 0.4) is 0 Å². The quantitative estimate of drug-likeness (QED) is 0.615. The molecule has 2 rings (SSSR count). The van der Waals surface area contributed by atoms with Gasteiger partial charge in [0.25, 0.3) is 0 Å². The lowest BCUT2D eigenvalue weighted by Crippen LogP contribution is -2.05. The number of hydrogen-bond donors (Lipinski definition) is 0. The van der Waals surface area contributed by atoms with Crippen LogP contribution in [-0.4, -0.2) is 30.3 Å². The number of hydrogen-bond acceptors (Lipinski definition) is 4. The summed E-state index contributed by atoms with van der Waals surface area (Å²) in [5.74, 6) is 0.754. The number of aromatic nitrogens is 2. The van der Waals surface area contributed by atoms with Crippen LogP contribution in [0, 0.1) is 0 Å². The molecular weight excluding hydrogens is 252 g/mol. The van der Waals surface area contributed by atoms with E-state index in [1.54, 1.807) is 13.2 Å². The molecule has 0 atom stereocenters. The van der Waals surface area contributed by atoms with Crippen LogP contribution in [0.2, 0.25) is 5.15 Å². The average molecular weight is 265 g/mol. The fourth-order valence-electron chi connectivity index (χ4n) is 1.52. The Morgan fingerprint density at radius 2 is 2.00 bits per heavy atom. The van der Waals surface area contributed by atoms with E-state index >= 15 is 0 Å². The Bertz CT molecular complexity index is 520. The van der Waals surface area contributed by atoms with Gasteiger partial charge in [-0.3, -0.25) is 0 Å². The van der Waals surface area contributed by atoms with Gasteiger partial charge in [0.05, 0.1) is 12.3 Å². The first-order valence-corrected chi connectivity index (χ1v) is 5.87. The number of methoxy groups -OCH3 is 1. The third kappa shape index (κ3) is 3.18. The van der Waals surface area contributed by atoms with Crippen molar-refractivity contribution in [3.63, 3.8) is 0 Å². The van der Waals surface area contributed by atoms with Gasteiger partial charge in [0.15, 0.2) is 0 Å². The highest BCUT2D eigenvalue weighted by atomic mass is 35.5. The van der Waals surface area contributed by atoms with Crippen molar-refractivity contribution >= 4 is 11.6 Å². The number of benzene rings is 1. The van der Waals surface area contributed by atoms with Gasteiger partial charge in [-0.2, -0.15) is 0 Å². The van der Waals surface area contributed by atoms with Gasteiger partial charge >= 0.3 is 0 Å². The van der Waals surface area contributed by atoms with Gasteiger partial charge < -0.3 is 9.47 Å². The molecule has 4 nitrogen and oxygen atoms in total. The summed E-state index contributed by atoms with van der Waals surface area (Å²) in [6, 6.07) is 9.37. The molecule has 0 aliphatic carbocycles. The van der Waals surface area contributed by atoms with Crippen LogP contribution in [0.25, 0.3) is 11.3 Å². The summed E-state index contributed by atoms with van der Waals surface area (Å²) in [6.07, 6.45) is 1.43. The Morgan fingerprint density at radius 3 is 2.78 bits per heavy atom. The molecule has 0 bridgehead atoms. The van der Waals surface area contributed by atoms with Crippen LogP contribution < -0.4 is 4.74 Å². The lowest BCUT2D eigenvalue weighted by atomic mass is 10.1. The van der Waals surface area contributed by atoms with Gasteiger partial charge in [-0.1, -0.05) is 23.7 Å². The first-order chi connectivity index (χ1) is 8.81. The van der Waals surface area contributed by atoms with E-state index in [-0.39, 0.29) is 0 Å². The largest absolute Gasteiger partial charge is 0.490 e. The van der Waals surface area contributed by atoms with E-state index < -0.39 is 0 Å². The van der Waals surface area contributed by atoms with Crippen LogP contribution in [0.1, 0.15) is 0 Å². The van der Waals surface area contributed by atoms with E-state index in [1.807, 2.05) is 24.3 Å². The third-order valence-corrected chi connectivity index (χ3v) is 2.55. The molecule has 18 heavy (non-hydrogen) atoms. The highest BCUT2D eigenvalue weighted by Gasteiger charge is 2.07. The zero-order valence-electron chi connectivity index (χ0n) is 9.97. The molecular formula is C13H13ClN2O2. The fourth-order valence-corrected chi connectivity index (χ4v) is 1.67. The Hall–Kier alpha value is -1.65. The maximum absolute atomic E-state index is 5.86. The van der Waals surface area contributed by atoms with Crippen LogP contribution >= 0.6 is 11.6 Å². The molecule has 0 saturated heterocycles. The van der Waals surface area contributed by atoms with Gasteiger partial charge in [0.1, 0.15) is 23.8 Å². The van der Waals surface area contributed by atoms with Crippen molar-refractivity contribution in [3.05, 3.63) is 41.8 Å². The van der Waals surface area contributed by atoms with Gasteiger partial charge in [-0.25, -0.2) is 9.97 Å². The van der Waals surface area contributed by atoms with Gasteiger partial charge in [-0.05, 0) is 12.1 Å². The molecule has 0 spiro atoms. The maximum Gasteiger partial charge on any atom is 0.133 e. The predicted molar refractivity (Wildman–Crippen MR) is 69.8 cm³/mol. The Balaban J connectivity index is 2.27. The second kappa shape index (κ2) is 6.33. The topological polar surface area (TPSA) is 44.2 Å². The summed E-state index contributed by atoms with van der Waals surface area (Å²) in [6.45, 7) is 1.03. The summed E-state index contributed by atoms with van der Waals surface area (Å²) in [5.41, 5.74) is 1.63. The van der Waals surface area contributed by atoms with Gasteiger partial charge in [-0.15, -0.1) is 0 Å². The molecule has 1 aromatic heterocycles. The van der Waals surface area contributed by atoms with E-state index in [4.69, 9.17) is 21.1 Å². The molecule has 5 heteroatoms. The van der Waals surface area contributed by atoms with E-state index in [0.29, 0.717) is 18.4 Å². The van der Waals surface area contributed by atoms with Crippen LogP contribution in [0.15, 0.2) is 36.7 Å². The molecule has 0 aliphatic heterocycles. The molecule has 0 radical (unpaired) electrons. The van der Waals surface area contributed by atoms with Crippen LogP contribution in [-0.2, 0) is 4.74 Å². The Morgan fingerprint density at radius 1 is 1.17 bits per heavy atom. The minimum atomic E-state index is 0.409. The summed E-state index contributed by atoms with van der Waals surface area (Å²) >= 11 is 5.86. The van der Waals surface area contributed by atoms with E-state index in [2.05, 4.69) is 9.97 Å². The average Bonchev–Trinajstić information content (AvgIpc) is 2.40. The first kappa shape index (κ1) is 12.8. The number of halogens is 1. The molecule has 1 heterocycles. The number of ether oxygens (including phenoxy) is 2. The summed E-state index contributed by atoms with van der Waals surface area (Å²) in [7, 11) is 1.64. The van der Waals surface area contributed by atoms with Crippen molar-refractivity contribution < 1.29 is 9.47 Å². The zero-order valence-corrected chi connectivity index (χ0v) is 10.7. The monoisotopic (exact) mass is 264 g/mol. The highest BCUT2D eigenvalue weighted by Crippen LogP contribution is 2.28. The molecule has 0 unspecified atom stereocenters. The SMILES string of the molecule is COCCOc1ccccc1-c1cc(Cl)ncn1. The van der Waals surface area contributed by atoms with E-state index in [0.717, 1.165) is 17.0 Å². The minimum absolute atomic E-state index is 0.409. The van der Waals surface area contributed by atoms with Gasteiger partial charge in [0.2, 0.25) is 0 Å². The summed E-state index contributed by atoms with van der Waals surface area (Å²) in [4.78, 5) is 8.06. The molecule has 0 fully saturated rings. The number of nitrogens with zero attached hydrogens (tertiary/aromatic N) is 2. The first-order valence-electron chi connectivity index (χ1n) is 5.50. The Labute approximate surface area is 111 Å². The molecule has 1 aromatic carbocycles. The van der Waals surface area contributed by atoms with Crippen molar-refractivity contribution in [3.8, 4) is 17.0 Å². The van der Waals surface area contributed by atoms with Crippen molar-refractivity contribution in [1.29, 1.82) is 0 Å². The second-order valence-corrected chi connectivity index (χ2v) is 3.95. The molecule has 94 valence electrons. The molecule has 0 saturated carbocycles. The molecule has 0 amide bonds. The van der Waals surface area contributed by atoms with Crippen LogP contribution in [0.4, 0.5) is 0 Å². The standard InChI is InChI=1S/C13H13ClN2O2/c1-17-6-7-18-12-5-3-2-4-10(12)11-8-13(14)16-9-15-11/h2-5,8-9H,6-7H2,1H3. The predicted octanol–water partition coefficient (Wildman–Crippen LogP) is 2.82. The van der Waals surface area contributed by atoms with E-state index in [1.165, 1.54) is 6.33 Å². The molecule has 0 N–H and O–H groups in total. The van der Waals surface area contributed by atoms with Crippen molar-refractivity contribution in [2.24, 2.45) is 0 Å². The summed E-state index contributed by atoms with van der Waals surface area (Å²) < 4.78 is 10.6. The number of para-hydroxylation sites is 1. The molecule has 2 aromatic rings. The minimum Gasteiger partial charge on any atom is -0.490 e. The number of rotatable bonds is 5. The smallest absolute Gasteiger partial charge is 0.133 e. The molecule has 0 aliphatic rings. The van der Waals surface area contributed by atoms with Crippen LogP contribution in [0.5, 0.6) is 5.75 Å². The van der Waals surface area contributed by atoms with Crippen molar-refractivity contribution in [2.75, 3.05) is 20.3 Å². The van der Waals surface area contributed by atoms with Gasteiger partial charge in [0, 0.05) is 18.7 Å². The lowest BCUT2D eigenvalue weighted by Gasteiger charge is -2.10.